The second kappa shape index (κ2) is 4.17. The third-order valence-electron chi connectivity index (χ3n) is 4.03. The normalized spacial score (nSPS) is 25.9. The number of nitrogens with zero attached hydrogens (tertiary/aromatic N) is 3. The molecule has 88 valence electrons. The Balaban J connectivity index is 1.80. The minimum atomic E-state index is 0.602. The number of aromatic nitrogens is 3. The van der Waals surface area contributed by atoms with Crippen molar-refractivity contribution < 1.29 is 0 Å². The molecule has 0 amide bonds. The molecule has 0 aromatic carbocycles. The van der Waals surface area contributed by atoms with Crippen LogP contribution < -0.4 is 5.73 Å². The van der Waals surface area contributed by atoms with Crippen LogP contribution in [-0.4, -0.2) is 21.3 Å². The zero-order valence-electron chi connectivity index (χ0n) is 9.73. The van der Waals surface area contributed by atoms with E-state index in [2.05, 4.69) is 9.78 Å². The molecule has 1 aliphatic carbocycles. The van der Waals surface area contributed by atoms with Crippen LogP contribution in [0.15, 0.2) is 0 Å². The number of hydrogen-bond acceptors (Lipinski definition) is 3. The van der Waals surface area contributed by atoms with Crippen molar-refractivity contribution in [3.63, 3.8) is 0 Å². The lowest BCUT2D eigenvalue weighted by atomic mass is 10.0. The molecule has 1 atom stereocenters. The number of nitrogens with two attached hydrogens (primary N) is 1. The van der Waals surface area contributed by atoms with Crippen molar-refractivity contribution in [2.24, 2.45) is 11.7 Å². The van der Waals surface area contributed by atoms with Crippen LogP contribution in [0.1, 0.15) is 49.7 Å². The highest BCUT2D eigenvalue weighted by Crippen LogP contribution is 2.33. The summed E-state index contributed by atoms with van der Waals surface area (Å²) in [6, 6.07) is 0. The van der Waals surface area contributed by atoms with Crippen molar-refractivity contribution in [2.45, 2.75) is 51.0 Å². The van der Waals surface area contributed by atoms with Gasteiger partial charge in [0.1, 0.15) is 5.82 Å². The second-order valence-electron chi connectivity index (χ2n) is 5.19. The first-order valence-electron chi connectivity index (χ1n) is 6.50. The maximum atomic E-state index is 5.73. The van der Waals surface area contributed by atoms with Crippen LogP contribution in [0.4, 0.5) is 0 Å². The Morgan fingerprint density at radius 3 is 2.81 bits per heavy atom. The molecule has 0 saturated heterocycles. The fraction of sp³-hybridized carbons (Fsp3) is 0.833. The van der Waals surface area contributed by atoms with Gasteiger partial charge in [0.05, 0.1) is 0 Å². The molecular weight excluding hydrogens is 200 g/mol. The van der Waals surface area contributed by atoms with Gasteiger partial charge in [-0.25, -0.2) is 9.67 Å². The highest BCUT2D eigenvalue weighted by molar-refractivity contribution is 5.03. The van der Waals surface area contributed by atoms with E-state index in [9.17, 15) is 0 Å². The van der Waals surface area contributed by atoms with Crippen molar-refractivity contribution >= 4 is 0 Å². The van der Waals surface area contributed by atoms with Crippen LogP contribution >= 0.6 is 0 Å². The van der Waals surface area contributed by atoms with Crippen molar-refractivity contribution in [3.8, 4) is 0 Å². The minimum absolute atomic E-state index is 0.602. The van der Waals surface area contributed by atoms with Crippen molar-refractivity contribution in [1.29, 1.82) is 0 Å². The highest BCUT2D eigenvalue weighted by atomic mass is 15.4. The van der Waals surface area contributed by atoms with E-state index in [1.165, 1.54) is 37.9 Å². The van der Waals surface area contributed by atoms with E-state index in [0.29, 0.717) is 11.8 Å². The molecule has 0 radical (unpaired) electrons. The molecule has 4 nitrogen and oxygen atoms in total. The number of rotatable bonds is 2. The molecule has 1 unspecified atom stereocenters. The first kappa shape index (κ1) is 10.3. The Labute approximate surface area is 96.2 Å². The summed E-state index contributed by atoms with van der Waals surface area (Å²) < 4.78 is 2.11. The maximum Gasteiger partial charge on any atom is 0.154 e. The van der Waals surface area contributed by atoms with Gasteiger partial charge in [0.2, 0.25) is 0 Å². The lowest BCUT2D eigenvalue weighted by molar-refractivity contribution is 0.349. The first-order valence-corrected chi connectivity index (χ1v) is 6.50. The van der Waals surface area contributed by atoms with Crippen LogP contribution in [0.2, 0.25) is 0 Å². The lowest BCUT2D eigenvalue weighted by Gasteiger charge is -2.20. The predicted octanol–water partition coefficient (Wildman–Crippen LogP) is 1.46. The van der Waals surface area contributed by atoms with Gasteiger partial charge in [-0.2, -0.15) is 5.10 Å². The van der Waals surface area contributed by atoms with Gasteiger partial charge in [0.25, 0.3) is 0 Å². The van der Waals surface area contributed by atoms with E-state index in [1.54, 1.807) is 0 Å². The summed E-state index contributed by atoms with van der Waals surface area (Å²) in [7, 11) is 0. The number of hydrogen-bond donors (Lipinski definition) is 1. The largest absolute Gasteiger partial charge is 0.330 e. The van der Waals surface area contributed by atoms with E-state index < -0.39 is 0 Å². The van der Waals surface area contributed by atoms with Gasteiger partial charge in [-0.3, -0.25) is 0 Å². The van der Waals surface area contributed by atoms with E-state index in [-0.39, 0.29) is 0 Å². The molecule has 0 bridgehead atoms. The summed E-state index contributed by atoms with van der Waals surface area (Å²) in [4.78, 5) is 4.71. The summed E-state index contributed by atoms with van der Waals surface area (Å²) in [6.07, 6.45) is 7.49. The average molecular weight is 220 g/mol. The van der Waals surface area contributed by atoms with E-state index in [1.807, 2.05) is 0 Å². The fourth-order valence-corrected chi connectivity index (χ4v) is 2.94. The Bertz CT molecular complexity index is 365. The predicted molar refractivity (Wildman–Crippen MR) is 62.1 cm³/mol. The Morgan fingerprint density at radius 2 is 2.06 bits per heavy atom. The Kier molecular flexibility index (Phi) is 2.67. The Morgan fingerprint density at radius 1 is 1.25 bits per heavy atom. The van der Waals surface area contributed by atoms with Gasteiger partial charge in [0, 0.05) is 18.9 Å². The minimum Gasteiger partial charge on any atom is -0.330 e. The molecule has 1 saturated carbocycles. The zero-order valence-corrected chi connectivity index (χ0v) is 9.73. The van der Waals surface area contributed by atoms with Gasteiger partial charge in [0.15, 0.2) is 5.82 Å². The van der Waals surface area contributed by atoms with Crippen molar-refractivity contribution in [2.75, 3.05) is 6.54 Å². The van der Waals surface area contributed by atoms with Crippen LogP contribution in [0.3, 0.4) is 0 Å². The Hall–Kier alpha value is -0.900. The van der Waals surface area contributed by atoms with Gasteiger partial charge in [-0.1, -0.05) is 12.8 Å². The summed E-state index contributed by atoms with van der Waals surface area (Å²) in [5.41, 5.74) is 5.73. The average Bonchev–Trinajstić information content (AvgIpc) is 2.96. The summed E-state index contributed by atoms with van der Waals surface area (Å²) >= 11 is 0. The zero-order chi connectivity index (χ0) is 11.0. The highest BCUT2D eigenvalue weighted by Gasteiger charge is 2.25. The molecule has 16 heavy (non-hydrogen) atoms. The summed E-state index contributed by atoms with van der Waals surface area (Å²) in [5.74, 6) is 3.52. The van der Waals surface area contributed by atoms with Gasteiger partial charge < -0.3 is 5.73 Å². The van der Waals surface area contributed by atoms with E-state index in [4.69, 9.17) is 10.7 Å². The molecule has 2 heterocycles. The first-order chi connectivity index (χ1) is 7.86. The monoisotopic (exact) mass is 220 g/mol. The summed E-state index contributed by atoms with van der Waals surface area (Å²) in [6.45, 7) is 1.75. The van der Waals surface area contributed by atoms with Crippen LogP contribution in [-0.2, 0) is 13.0 Å². The SMILES string of the molecule is NCC1CCc2nc(C3CCCC3)nn2C1. The quantitative estimate of drug-likeness (QED) is 0.821. The number of aryl methyl sites for hydroxylation is 1. The second-order valence-corrected chi connectivity index (χ2v) is 5.19. The van der Waals surface area contributed by atoms with Crippen LogP contribution in [0, 0.1) is 5.92 Å². The molecule has 3 rings (SSSR count). The van der Waals surface area contributed by atoms with E-state index in [0.717, 1.165) is 25.3 Å². The van der Waals surface area contributed by atoms with Crippen LogP contribution in [0.25, 0.3) is 0 Å². The van der Waals surface area contributed by atoms with Gasteiger partial charge in [-0.15, -0.1) is 0 Å². The lowest BCUT2D eigenvalue weighted by Crippen LogP contribution is -2.27. The molecule has 4 heteroatoms. The molecule has 1 aliphatic heterocycles. The number of fused-ring (bicyclic) bond motifs is 1. The molecular formula is C12H20N4. The molecule has 1 aromatic heterocycles. The molecule has 1 aromatic rings. The third kappa shape index (κ3) is 1.75. The molecule has 1 fully saturated rings. The van der Waals surface area contributed by atoms with Gasteiger partial charge in [-0.05, 0) is 31.7 Å². The summed E-state index contributed by atoms with van der Waals surface area (Å²) in [5, 5.41) is 4.68. The van der Waals surface area contributed by atoms with E-state index >= 15 is 0 Å². The topological polar surface area (TPSA) is 56.7 Å². The van der Waals surface area contributed by atoms with Crippen molar-refractivity contribution in [3.05, 3.63) is 11.6 Å². The molecule has 2 aliphatic rings. The fourth-order valence-electron chi connectivity index (χ4n) is 2.94. The smallest absolute Gasteiger partial charge is 0.154 e. The van der Waals surface area contributed by atoms with Gasteiger partial charge >= 0.3 is 0 Å². The van der Waals surface area contributed by atoms with Crippen molar-refractivity contribution in [1.82, 2.24) is 14.8 Å². The maximum absolute atomic E-state index is 5.73. The van der Waals surface area contributed by atoms with Crippen LogP contribution in [0.5, 0.6) is 0 Å². The molecule has 0 spiro atoms. The standard InChI is InChI=1S/C12H20N4/c13-7-9-5-6-11-14-12(15-16(11)8-9)10-3-1-2-4-10/h9-10H,1-8,13H2. The molecule has 2 N–H and O–H groups in total. The third-order valence-corrected chi connectivity index (χ3v) is 4.03.